The Balaban J connectivity index is 1.45. The summed E-state index contributed by atoms with van der Waals surface area (Å²) in [4.78, 5) is 26.7. The van der Waals surface area contributed by atoms with Gasteiger partial charge in [-0.3, -0.25) is 19.5 Å². The van der Waals surface area contributed by atoms with Crippen LogP contribution in [0.1, 0.15) is 11.1 Å². The van der Waals surface area contributed by atoms with Gasteiger partial charge in [0.15, 0.2) is 11.0 Å². The molecule has 0 unspecified atom stereocenters. The third-order valence-corrected chi connectivity index (χ3v) is 6.69. The van der Waals surface area contributed by atoms with Crippen molar-refractivity contribution in [1.29, 1.82) is 0 Å². The van der Waals surface area contributed by atoms with Crippen molar-refractivity contribution in [2.45, 2.75) is 19.0 Å². The van der Waals surface area contributed by atoms with Crippen molar-refractivity contribution in [2.24, 2.45) is 0 Å². The van der Waals surface area contributed by atoms with E-state index in [4.69, 9.17) is 0 Å². The predicted molar refractivity (Wildman–Crippen MR) is 141 cm³/mol. The SMILES string of the molecule is Cc1cccc(-n2c(SCC(=O)Nc3cc([N+](=O)[O-])ccc3C)nnc2-c2c[nH]c3ccccc23)c1. The molecule has 2 N–H and O–H groups in total. The molecule has 0 saturated heterocycles. The number of fused-ring (bicyclic) bond motifs is 1. The predicted octanol–water partition coefficient (Wildman–Crippen LogP) is 5.67. The summed E-state index contributed by atoms with van der Waals surface area (Å²) in [7, 11) is 0. The lowest BCUT2D eigenvalue weighted by Gasteiger charge is -2.11. The molecule has 1 amide bonds. The molecule has 0 saturated carbocycles. The van der Waals surface area contributed by atoms with Gasteiger partial charge in [-0.15, -0.1) is 10.2 Å². The molecule has 9 nitrogen and oxygen atoms in total. The van der Waals surface area contributed by atoms with Crippen LogP contribution in [0.4, 0.5) is 11.4 Å². The van der Waals surface area contributed by atoms with Crippen molar-refractivity contribution in [1.82, 2.24) is 19.7 Å². The van der Waals surface area contributed by atoms with Crippen LogP contribution in [0.15, 0.2) is 78.1 Å². The molecule has 0 bridgehead atoms. The number of carbonyl (C=O) groups is 1. The first kappa shape index (κ1) is 23.3. The van der Waals surface area contributed by atoms with E-state index in [1.807, 2.05) is 66.2 Å². The number of H-pyrrole nitrogens is 1. The van der Waals surface area contributed by atoms with Crippen LogP contribution in [-0.2, 0) is 4.79 Å². The normalized spacial score (nSPS) is 11.1. The second-order valence-corrected chi connectivity index (χ2v) is 9.26. The number of aromatic nitrogens is 4. The lowest BCUT2D eigenvalue weighted by Crippen LogP contribution is -2.15. The average molecular weight is 499 g/mol. The number of anilines is 1. The molecule has 3 aromatic carbocycles. The summed E-state index contributed by atoms with van der Waals surface area (Å²) < 4.78 is 1.94. The third-order valence-electron chi connectivity index (χ3n) is 5.76. The molecule has 180 valence electrons. The Morgan fingerprint density at radius 2 is 1.92 bits per heavy atom. The number of carbonyl (C=O) groups excluding carboxylic acids is 1. The number of benzene rings is 3. The van der Waals surface area contributed by atoms with Crippen LogP contribution in [0.3, 0.4) is 0 Å². The highest BCUT2D eigenvalue weighted by Gasteiger charge is 2.20. The number of aryl methyl sites for hydroxylation is 2. The number of nitrogens with zero attached hydrogens (tertiary/aromatic N) is 4. The van der Waals surface area contributed by atoms with Crippen LogP contribution in [0.25, 0.3) is 28.0 Å². The number of non-ortho nitro benzene ring substituents is 1. The van der Waals surface area contributed by atoms with E-state index < -0.39 is 4.92 Å². The molecule has 0 aliphatic carbocycles. The number of nitro benzene ring substituents is 1. The third kappa shape index (κ3) is 4.58. The molecule has 5 aromatic rings. The number of hydrogen-bond donors (Lipinski definition) is 2. The van der Waals surface area contributed by atoms with Crippen molar-refractivity contribution in [3.63, 3.8) is 0 Å². The first-order valence-electron chi connectivity index (χ1n) is 11.2. The van der Waals surface area contributed by atoms with E-state index in [0.717, 1.165) is 33.3 Å². The number of rotatable bonds is 7. The fraction of sp³-hybridized carbons (Fsp3) is 0.115. The summed E-state index contributed by atoms with van der Waals surface area (Å²) in [6, 6.07) is 20.4. The maximum Gasteiger partial charge on any atom is 0.271 e. The highest BCUT2D eigenvalue weighted by molar-refractivity contribution is 7.99. The number of amides is 1. The fourth-order valence-electron chi connectivity index (χ4n) is 3.97. The van der Waals surface area contributed by atoms with Crippen molar-refractivity contribution in [2.75, 3.05) is 11.1 Å². The number of thioether (sulfide) groups is 1. The smallest absolute Gasteiger partial charge is 0.271 e. The van der Waals surface area contributed by atoms with Crippen molar-refractivity contribution in [3.8, 4) is 17.1 Å². The van der Waals surface area contributed by atoms with Gasteiger partial charge in [0.05, 0.1) is 16.4 Å². The number of para-hydroxylation sites is 1. The molecule has 2 aromatic heterocycles. The lowest BCUT2D eigenvalue weighted by molar-refractivity contribution is -0.384. The first-order valence-corrected chi connectivity index (χ1v) is 12.2. The molecule has 0 spiro atoms. The lowest BCUT2D eigenvalue weighted by atomic mass is 10.1. The van der Waals surface area contributed by atoms with E-state index in [9.17, 15) is 14.9 Å². The summed E-state index contributed by atoms with van der Waals surface area (Å²) in [5, 5.41) is 24.4. The second kappa shape index (κ2) is 9.67. The molecule has 0 atom stereocenters. The van der Waals surface area contributed by atoms with Crippen LogP contribution in [0.2, 0.25) is 0 Å². The molecule has 0 aliphatic rings. The zero-order chi connectivity index (χ0) is 25.2. The van der Waals surface area contributed by atoms with Gasteiger partial charge in [0, 0.05) is 40.5 Å². The van der Waals surface area contributed by atoms with Crippen LogP contribution >= 0.6 is 11.8 Å². The van der Waals surface area contributed by atoms with Crippen molar-refractivity contribution >= 4 is 39.9 Å². The molecule has 2 heterocycles. The van der Waals surface area contributed by atoms with Gasteiger partial charge in [0.2, 0.25) is 5.91 Å². The fourth-order valence-corrected chi connectivity index (χ4v) is 4.72. The van der Waals surface area contributed by atoms with E-state index in [-0.39, 0.29) is 17.3 Å². The number of nitrogens with one attached hydrogen (secondary N) is 2. The first-order chi connectivity index (χ1) is 17.4. The monoisotopic (exact) mass is 498 g/mol. The zero-order valence-electron chi connectivity index (χ0n) is 19.6. The summed E-state index contributed by atoms with van der Waals surface area (Å²) in [6.07, 6.45) is 1.91. The van der Waals surface area contributed by atoms with Crippen molar-refractivity contribution in [3.05, 3.63) is 94.2 Å². The van der Waals surface area contributed by atoms with Gasteiger partial charge in [0.1, 0.15) is 0 Å². The van der Waals surface area contributed by atoms with Crippen molar-refractivity contribution < 1.29 is 9.72 Å². The average Bonchev–Trinajstić information content (AvgIpc) is 3.48. The molecular weight excluding hydrogens is 476 g/mol. The molecule has 36 heavy (non-hydrogen) atoms. The Morgan fingerprint density at radius 1 is 1.08 bits per heavy atom. The number of hydrogen-bond acceptors (Lipinski definition) is 6. The topological polar surface area (TPSA) is 119 Å². The van der Waals surface area contributed by atoms with Crippen LogP contribution in [-0.4, -0.2) is 36.3 Å². The minimum Gasteiger partial charge on any atom is -0.360 e. The number of aromatic amines is 1. The highest BCUT2D eigenvalue weighted by Crippen LogP contribution is 2.33. The standard InChI is InChI=1S/C26H22N6O3S/c1-16-6-5-7-18(12-16)31-25(21-14-27-22-9-4-3-8-20(21)22)29-30-26(31)36-15-24(33)28-23-13-19(32(34)35)11-10-17(23)2/h3-14,27H,15H2,1-2H3,(H,28,33). The van der Waals surface area contributed by atoms with E-state index in [2.05, 4.69) is 20.5 Å². The largest absolute Gasteiger partial charge is 0.360 e. The van der Waals surface area contributed by atoms with Crippen LogP contribution in [0.5, 0.6) is 0 Å². The van der Waals surface area contributed by atoms with E-state index >= 15 is 0 Å². The van der Waals surface area contributed by atoms with Gasteiger partial charge in [-0.1, -0.05) is 48.2 Å². The minimum atomic E-state index is -0.486. The van der Waals surface area contributed by atoms with Gasteiger partial charge in [-0.25, -0.2) is 0 Å². The summed E-state index contributed by atoms with van der Waals surface area (Å²) in [5.41, 5.74) is 4.94. The molecule has 5 rings (SSSR count). The summed E-state index contributed by atoms with van der Waals surface area (Å²) >= 11 is 1.25. The minimum absolute atomic E-state index is 0.0555. The summed E-state index contributed by atoms with van der Waals surface area (Å²) in [5.74, 6) is 0.423. The Labute approximate surface area is 210 Å². The second-order valence-electron chi connectivity index (χ2n) is 8.32. The van der Waals surface area contributed by atoms with Gasteiger partial charge < -0.3 is 10.3 Å². The van der Waals surface area contributed by atoms with Gasteiger partial charge in [-0.05, 0) is 43.2 Å². The number of nitro groups is 1. The Kier molecular flexibility index (Phi) is 6.26. The van der Waals surface area contributed by atoms with Gasteiger partial charge in [-0.2, -0.15) is 0 Å². The zero-order valence-corrected chi connectivity index (χ0v) is 20.4. The summed E-state index contributed by atoms with van der Waals surface area (Å²) in [6.45, 7) is 3.80. The maximum absolute atomic E-state index is 12.8. The molecular formula is C26H22N6O3S. The Morgan fingerprint density at radius 3 is 2.72 bits per heavy atom. The Hall–Kier alpha value is -4.44. The Bertz CT molecular complexity index is 1610. The molecule has 0 radical (unpaired) electrons. The van der Waals surface area contributed by atoms with E-state index in [1.54, 1.807) is 13.0 Å². The molecule has 0 aliphatic heterocycles. The quantitative estimate of drug-likeness (QED) is 0.169. The van der Waals surface area contributed by atoms with Crippen LogP contribution in [0, 0.1) is 24.0 Å². The van der Waals surface area contributed by atoms with Gasteiger partial charge in [0.25, 0.3) is 5.69 Å². The maximum atomic E-state index is 12.8. The molecule has 0 fully saturated rings. The van der Waals surface area contributed by atoms with E-state index in [0.29, 0.717) is 16.7 Å². The van der Waals surface area contributed by atoms with Gasteiger partial charge >= 0.3 is 0 Å². The van der Waals surface area contributed by atoms with Crippen LogP contribution < -0.4 is 5.32 Å². The highest BCUT2D eigenvalue weighted by atomic mass is 32.2. The van der Waals surface area contributed by atoms with E-state index in [1.165, 1.54) is 23.9 Å². The molecule has 10 heteroatoms.